The first kappa shape index (κ1) is 20.8. The Balaban J connectivity index is 1.28. The van der Waals surface area contributed by atoms with Crippen LogP contribution in [0.4, 0.5) is 4.39 Å². The van der Waals surface area contributed by atoms with E-state index in [-0.39, 0.29) is 40.9 Å². The first-order valence-corrected chi connectivity index (χ1v) is 13.4. The summed E-state index contributed by atoms with van der Waals surface area (Å²) in [6, 6.07) is 4.87. The van der Waals surface area contributed by atoms with Gasteiger partial charge in [0.05, 0.1) is 36.1 Å². The van der Waals surface area contributed by atoms with Crippen molar-refractivity contribution in [1.29, 1.82) is 0 Å². The van der Waals surface area contributed by atoms with Crippen molar-refractivity contribution >= 4 is 10.0 Å². The molecule has 4 bridgehead atoms. The van der Waals surface area contributed by atoms with Gasteiger partial charge < -0.3 is 9.67 Å². The Morgan fingerprint density at radius 3 is 2.75 bits per heavy atom. The summed E-state index contributed by atoms with van der Waals surface area (Å²) in [4.78, 5) is 4.27. The number of halogens is 1. The molecule has 4 fully saturated rings. The summed E-state index contributed by atoms with van der Waals surface area (Å²) in [5, 5.41) is 11.6. The van der Waals surface area contributed by atoms with Gasteiger partial charge in [0.15, 0.2) is 0 Å². The van der Waals surface area contributed by atoms with E-state index in [4.69, 9.17) is 0 Å². The molecule has 4 aliphatic carbocycles. The van der Waals surface area contributed by atoms with Crippen LogP contribution in [0.25, 0.3) is 11.3 Å². The zero-order valence-electron chi connectivity index (χ0n) is 18.2. The highest BCUT2D eigenvalue weighted by molar-refractivity contribution is 7.89. The van der Waals surface area contributed by atoms with Crippen molar-refractivity contribution in [3.8, 4) is 11.3 Å². The Morgan fingerprint density at radius 2 is 2.03 bits per heavy atom. The summed E-state index contributed by atoms with van der Waals surface area (Å²) < 4.78 is 44.4. The van der Waals surface area contributed by atoms with Crippen LogP contribution in [0.3, 0.4) is 0 Å². The highest BCUT2D eigenvalue weighted by Crippen LogP contribution is 2.62. The van der Waals surface area contributed by atoms with Gasteiger partial charge >= 0.3 is 0 Å². The SMILES string of the molecule is CCS(=O)(=O)NC1C2CC3CC1CC(C(O)CC1c4c(F)cccc4-c4cncn41)(C3)C2. The molecular formula is C24H30FN3O3S. The summed E-state index contributed by atoms with van der Waals surface area (Å²) in [5.74, 6) is 0.950. The summed E-state index contributed by atoms with van der Waals surface area (Å²) in [6.45, 7) is 1.67. The van der Waals surface area contributed by atoms with Gasteiger partial charge in [-0.15, -0.1) is 0 Å². The predicted molar refractivity (Wildman–Crippen MR) is 119 cm³/mol. The minimum Gasteiger partial charge on any atom is -0.392 e. The van der Waals surface area contributed by atoms with Crippen LogP contribution in [0.1, 0.15) is 57.1 Å². The fourth-order valence-corrected chi connectivity index (χ4v) is 8.64. The van der Waals surface area contributed by atoms with E-state index in [2.05, 4.69) is 9.71 Å². The van der Waals surface area contributed by atoms with Crippen LogP contribution in [-0.4, -0.2) is 41.0 Å². The number of nitrogens with zero attached hydrogens (tertiary/aromatic N) is 2. The lowest BCUT2D eigenvalue weighted by atomic mass is 9.46. The van der Waals surface area contributed by atoms with Crippen molar-refractivity contribution in [2.24, 2.45) is 23.2 Å². The maximum Gasteiger partial charge on any atom is 0.211 e. The van der Waals surface area contributed by atoms with E-state index in [9.17, 15) is 17.9 Å². The number of hydrogen-bond acceptors (Lipinski definition) is 4. The maximum atomic E-state index is 14.9. The smallest absolute Gasteiger partial charge is 0.211 e. The second-order valence-corrected chi connectivity index (χ2v) is 12.6. The van der Waals surface area contributed by atoms with Gasteiger partial charge in [0.1, 0.15) is 5.82 Å². The Hall–Kier alpha value is -1.77. The van der Waals surface area contributed by atoms with Crippen LogP contribution >= 0.6 is 0 Å². The third-order valence-electron chi connectivity index (χ3n) is 8.83. The molecule has 2 heterocycles. The zero-order chi connectivity index (χ0) is 22.3. The van der Waals surface area contributed by atoms with Crippen molar-refractivity contribution in [1.82, 2.24) is 14.3 Å². The average molecular weight is 460 g/mol. The summed E-state index contributed by atoms with van der Waals surface area (Å²) >= 11 is 0. The minimum absolute atomic E-state index is 0.0123. The summed E-state index contributed by atoms with van der Waals surface area (Å²) in [6.07, 6.45) is 8.13. The number of imidazole rings is 1. The lowest BCUT2D eigenvalue weighted by Gasteiger charge is -2.61. The number of aromatic nitrogens is 2. The topological polar surface area (TPSA) is 84.2 Å². The molecule has 1 aromatic carbocycles. The van der Waals surface area contributed by atoms with Crippen LogP contribution in [0.15, 0.2) is 30.7 Å². The first-order valence-electron chi connectivity index (χ1n) is 11.8. The summed E-state index contributed by atoms with van der Waals surface area (Å²) in [5.41, 5.74) is 2.21. The van der Waals surface area contributed by atoms with Gasteiger partial charge in [-0.1, -0.05) is 12.1 Å². The van der Waals surface area contributed by atoms with Gasteiger partial charge in [-0.3, -0.25) is 0 Å². The molecule has 8 heteroatoms. The molecule has 1 aliphatic heterocycles. The van der Waals surface area contributed by atoms with Crippen molar-refractivity contribution in [3.63, 3.8) is 0 Å². The molecule has 0 amide bonds. The highest BCUT2D eigenvalue weighted by Gasteiger charge is 2.58. The van der Waals surface area contributed by atoms with Crippen LogP contribution in [0.5, 0.6) is 0 Å². The van der Waals surface area contributed by atoms with E-state index in [0.717, 1.165) is 43.4 Å². The molecule has 0 saturated heterocycles. The van der Waals surface area contributed by atoms with E-state index < -0.39 is 16.1 Å². The Morgan fingerprint density at radius 1 is 1.28 bits per heavy atom. The number of sulfonamides is 1. The second kappa shape index (κ2) is 7.11. The summed E-state index contributed by atoms with van der Waals surface area (Å²) in [7, 11) is -3.25. The molecule has 0 radical (unpaired) electrons. The normalized spacial score (nSPS) is 35.7. The van der Waals surface area contributed by atoms with Crippen LogP contribution in [-0.2, 0) is 10.0 Å². The molecular weight excluding hydrogens is 429 g/mol. The van der Waals surface area contributed by atoms with Crippen LogP contribution < -0.4 is 4.72 Å². The molecule has 32 heavy (non-hydrogen) atoms. The third-order valence-corrected chi connectivity index (χ3v) is 10.2. The number of aliphatic hydroxyl groups excluding tert-OH is 1. The van der Waals surface area contributed by atoms with Gasteiger partial charge in [-0.05, 0) is 74.7 Å². The average Bonchev–Trinajstić information content (AvgIpc) is 3.33. The molecule has 4 saturated carbocycles. The lowest BCUT2D eigenvalue weighted by molar-refractivity contribution is -0.134. The van der Waals surface area contributed by atoms with Gasteiger partial charge in [0.2, 0.25) is 10.0 Å². The molecule has 1 aromatic heterocycles. The zero-order valence-corrected chi connectivity index (χ0v) is 19.1. The first-order chi connectivity index (χ1) is 15.3. The molecule has 6 nitrogen and oxygen atoms in total. The lowest BCUT2D eigenvalue weighted by Crippen LogP contribution is -2.62. The molecule has 4 atom stereocenters. The largest absolute Gasteiger partial charge is 0.392 e. The van der Waals surface area contributed by atoms with Crippen molar-refractivity contribution in [2.45, 2.75) is 63.6 Å². The molecule has 172 valence electrons. The molecule has 2 N–H and O–H groups in total. The van der Waals surface area contributed by atoms with Crippen molar-refractivity contribution < 1.29 is 17.9 Å². The fourth-order valence-electron chi connectivity index (χ4n) is 7.67. The minimum atomic E-state index is -3.25. The standard InChI is InChI=1S/C24H30FN3O3S/c1-2-32(30,31)27-23-15-6-14-7-16(23)11-24(9-14,10-15)21(29)8-19-22-17(4-3-5-18(22)25)20-12-26-13-28(19)20/h3-5,12-16,19,21,23,27,29H,2,6-11H2,1H3. The van der Waals surface area contributed by atoms with E-state index in [1.165, 1.54) is 6.07 Å². The molecule has 2 aromatic rings. The number of benzene rings is 1. The molecule has 5 aliphatic rings. The van der Waals surface area contributed by atoms with E-state index in [1.807, 2.05) is 10.6 Å². The predicted octanol–water partition coefficient (Wildman–Crippen LogP) is 3.48. The van der Waals surface area contributed by atoms with E-state index in [1.54, 1.807) is 25.5 Å². The van der Waals surface area contributed by atoms with Gasteiger partial charge in [0, 0.05) is 17.2 Å². The van der Waals surface area contributed by atoms with Crippen LogP contribution in [0.2, 0.25) is 0 Å². The Kier molecular flexibility index (Phi) is 4.63. The Bertz CT molecular complexity index is 1150. The van der Waals surface area contributed by atoms with E-state index in [0.29, 0.717) is 17.9 Å². The number of rotatable bonds is 6. The highest BCUT2D eigenvalue weighted by atomic mass is 32.2. The molecule has 4 unspecified atom stereocenters. The third kappa shape index (κ3) is 3.02. The quantitative estimate of drug-likeness (QED) is 0.693. The monoisotopic (exact) mass is 459 g/mol. The second-order valence-electron chi connectivity index (χ2n) is 10.5. The van der Waals surface area contributed by atoms with Gasteiger partial charge in [-0.2, -0.15) is 0 Å². The van der Waals surface area contributed by atoms with Gasteiger partial charge in [-0.25, -0.2) is 22.5 Å². The number of aliphatic hydroxyl groups is 1. The number of hydrogen-bond donors (Lipinski definition) is 2. The Labute approximate surface area is 188 Å². The van der Waals surface area contributed by atoms with E-state index >= 15 is 0 Å². The van der Waals surface area contributed by atoms with Crippen molar-refractivity contribution in [3.05, 3.63) is 42.1 Å². The van der Waals surface area contributed by atoms with Gasteiger partial charge in [0.25, 0.3) is 0 Å². The van der Waals surface area contributed by atoms with Crippen molar-refractivity contribution in [2.75, 3.05) is 5.75 Å². The maximum absolute atomic E-state index is 14.9. The molecule has 0 spiro atoms. The number of nitrogens with one attached hydrogen (secondary N) is 1. The van der Waals surface area contributed by atoms with Crippen LogP contribution in [0, 0.1) is 29.0 Å². The fraction of sp³-hybridized carbons (Fsp3) is 0.625. The number of fused-ring (bicyclic) bond motifs is 3. The molecule has 7 rings (SSSR count).